The summed E-state index contributed by atoms with van der Waals surface area (Å²) >= 11 is 0. The van der Waals surface area contributed by atoms with Crippen molar-refractivity contribution in [1.29, 1.82) is 0 Å². The molecule has 0 bridgehead atoms. The van der Waals surface area contributed by atoms with Crippen LogP contribution in [0.15, 0.2) is 12.2 Å². The molecule has 1 amide bonds. The second-order valence-electron chi connectivity index (χ2n) is 5.40. The molecule has 0 radical (unpaired) electrons. The van der Waals surface area contributed by atoms with Gasteiger partial charge in [-0.15, -0.1) is 0 Å². The van der Waals surface area contributed by atoms with Crippen molar-refractivity contribution in [1.82, 2.24) is 4.90 Å². The molecule has 0 aliphatic heterocycles. The van der Waals surface area contributed by atoms with E-state index in [0.29, 0.717) is 6.42 Å². The van der Waals surface area contributed by atoms with Gasteiger partial charge in [0.05, 0.1) is 0 Å². The zero-order chi connectivity index (χ0) is 13.4. The summed E-state index contributed by atoms with van der Waals surface area (Å²) in [5.41, 5.74) is 0. The number of carbonyl (C=O) groups is 1. The molecule has 18 heavy (non-hydrogen) atoms. The first-order chi connectivity index (χ1) is 8.65. The maximum atomic E-state index is 11.7. The minimum atomic E-state index is -0.331. The van der Waals surface area contributed by atoms with Crippen LogP contribution in [0.3, 0.4) is 0 Å². The van der Waals surface area contributed by atoms with Gasteiger partial charge in [-0.25, -0.2) is 0 Å². The van der Waals surface area contributed by atoms with Crippen LogP contribution in [0, 0.1) is 5.92 Å². The molecule has 1 aliphatic carbocycles. The van der Waals surface area contributed by atoms with E-state index >= 15 is 0 Å². The monoisotopic (exact) mass is 253 g/mol. The molecule has 0 saturated heterocycles. The Morgan fingerprint density at radius 2 is 1.94 bits per heavy atom. The molecule has 1 atom stereocenters. The van der Waals surface area contributed by atoms with Crippen LogP contribution in [0.25, 0.3) is 0 Å². The van der Waals surface area contributed by atoms with E-state index in [9.17, 15) is 4.79 Å². The Kier molecular flexibility index (Phi) is 7.02. The van der Waals surface area contributed by atoms with Crippen LogP contribution in [-0.2, 0) is 9.53 Å². The van der Waals surface area contributed by atoms with Crippen molar-refractivity contribution in [3.63, 3.8) is 0 Å². The summed E-state index contributed by atoms with van der Waals surface area (Å²) < 4.78 is 5.22. The molecule has 1 aliphatic rings. The third-order valence-corrected chi connectivity index (χ3v) is 3.71. The van der Waals surface area contributed by atoms with Crippen LogP contribution >= 0.6 is 0 Å². The third-order valence-electron chi connectivity index (χ3n) is 3.71. The van der Waals surface area contributed by atoms with Crippen LogP contribution in [0.4, 0.5) is 0 Å². The molecular weight excluding hydrogens is 226 g/mol. The lowest BCUT2D eigenvalue weighted by atomic mass is 9.87. The highest BCUT2D eigenvalue weighted by atomic mass is 16.5. The fraction of sp³-hybridized carbons (Fsp3) is 0.800. The van der Waals surface area contributed by atoms with E-state index < -0.39 is 0 Å². The van der Waals surface area contributed by atoms with Gasteiger partial charge in [-0.2, -0.15) is 0 Å². The normalized spacial score (nSPS) is 19.1. The van der Waals surface area contributed by atoms with Crippen LogP contribution < -0.4 is 0 Å². The van der Waals surface area contributed by atoms with Gasteiger partial charge in [0.2, 0.25) is 0 Å². The number of likely N-dealkylation sites (N-methyl/N-ethyl adjacent to an activating group) is 1. The minimum Gasteiger partial charge on any atom is -0.371 e. The molecule has 0 heterocycles. The summed E-state index contributed by atoms with van der Waals surface area (Å²) in [6.07, 6.45) is 12.8. The molecule has 104 valence electrons. The second-order valence-corrected chi connectivity index (χ2v) is 5.40. The highest BCUT2D eigenvalue weighted by Gasteiger charge is 2.17. The molecule has 3 nitrogen and oxygen atoms in total. The van der Waals surface area contributed by atoms with Gasteiger partial charge in [0.15, 0.2) is 0 Å². The number of rotatable bonds is 6. The van der Waals surface area contributed by atoms with Gasteiger partial charge in [-0.05, 0) is 12.3 Å². The number of allylic oxidation sites excluding steroid dienone is 1. The number of amides is 1. The Labute approximate surface area is 111 Å². The van der Waals surface area contributed by atoms with Gasteiger partial charge >= 0.3 is 0 Å². The second kappa shape index (κ2) is 8.30. The van der Waals surface area contributed by atoms with E-state index in [1.807, 2.05) is 0 Å². The number of hydrogen-bond donors (Lipinski definition) is 0. The molecule has 0 aromatic rings. The van der Waals surface area contributed by atoms with Crippen LogP contribution in [-0.4, -0.2) is 38.1 Å². The van der Waals surface area contributed by atoms with E-state index in [1.165, 1.54) is 32.1 Å². The SMILES string of the molecule is COC(C/C=C/CC1CCCCC1)C(=O)N(C)C. The van der Waals surface area contributed by atoms with Crippen molar-refractivity contribution >= 4 is 5.91 Å². The zero-order valence-corrected chi connectivity index (χ0v) is 12.0. The molecule has 3 heteroatoms. The van der Waals surface area contributed by atoms with Crippen molar-refractivity contribution < 1.29 is 9.53 Å². The predicted molar refractivity (Wildman–Crippen MR) is 74.4 cm³/mol. The van der Waals surface area contributed by atoms with Gasteiger partial charge in [-0.3, -0.25) is 4.79 Å². The summed E-state index contributed by atoms with van der Waals surface area (Å²) in [5, 5.41) is 0. The zero-order valence-electron chi connectivity index (χ0n) is 12.0. The standard InChI is InChI=1S/C15H27NO2/c1-16(2)15(17)14(18-3)12-8-7-11-13-9-5-4-6-10-13/h7-8,13-14H,4-6,9-12H2,1-3H3/b8-7+. The molecule has 1 rings (SSSR count). The summed E-state index contributed by atoms with van der Waals surface area (Å²) in [6, 6.07) is 0. The first kappa shape index (κ1) is 15.2. The van der Waals surface area contributed by atoms with Crippen LogP contribution in [0.5, 0.6) is 0 Å². The molecule has 1 fully saturated rings. The lowest BCUT2D eigenvalue weighted by Crippen LogP contribution is -2.34. The quantitative estimate of drug-likeness (QED) is 0.681. The maximum absolute atomic E-state index is 11.7. The third kappa shape index (κ3) is 5.21. The Morgan fingerprint density at radius 1 is 1.28 bits per heavy atom. The van der Waals surface area contributed by atoms with E-state index in [2.05, 4.69) is 12.2 Å². The van der Waals surface area contributed by atoms with Crippen molar-refractivity contribution in [3.8, 4) is 0 Å². The highest BCUT2D eigenvalue weighted by Crippen LogP contribution is 2.26. The van der Waals surface area contributed by atoms with Crippen molar-refractivity contribution in [2.24, 2.45) is 5.92 Å². The van der Waals surface area contributed by atoms with Crippen LogP contribution in [0.2, 0.25) is 0 Å². The van der Waals surface area contributed by atoms with Gasteiger partial charge in [-0.1, -0.05) is 44.3 Å². The lowest BCUT2D eigenvalue weighted by Gasteiger charge is -2.20. The maximum Gasteiger partial charge on any atom is 0.251 e. The Hall–Kier alpha value is -0.830. The molecule has 1 unspecified atom stereocenters. The smallest absolute Gasteiger partial charge is 0.251 e. The number of nitrogens with zero attached hydrogens (tertiary/aromatic N) is 1. The van der Waals surface area contributed by atoms with Gasteiger partial charge in [0.25, 0.3) is 5.91 Å². The lowest BCUT2D eigenvalue weighted by molar-refractivity contribution is -0.139. The summed E-state index contributed by atoms with van der Waals surface area (Å²) in [4.78, 5) is 13.3. The first-order valence-electron chi connectivity index (χ1n) is 7.04. The predicted octanol–water partition coefficient (Wildman–Crippen LogP) is 3.01. The van der Waals surface area contributed by atoms with Crippen molar-refractivity contribution in [2.75, 3.05) is 21.2 Å². The number of ether oxygens (including phenoxy) is 1. The number of carbonyl (C=O) groups excluding carboxylic acids is 1. The molecule has 0 aromatic carbocycles. The average molecular weight is 253 g/mol. The number of hydrogen-bond acceptors (Lipinski definition) is 2. The van der Waals surface area contributed by atoms with E-state index in [0.717, 1.165) is 12.3 Å². The van der Waals surface area contributed by atoms with Gasteiger partial charge in [0.1, 0.15) is 6.10 Å². The minimum absolute atomic E-state index is 0.0415. The summed E-state index contributed by atoms with van der Waals surface area (Å²) in [5.74, 6) is 0.903. The van der Waals surface area contributed by atoms with Crippen molar-refractivity contribution in [3.05, 3.63) is 12.2 Å². The highest BCUT2D eigenvalue weighted by molar-refractivity contribution is 5.80. The molecule has 0 spiro atoms. The fourth-order valence-electron chi connectivity index (χ4n) is 2.52. The Balaban J connectivity index is 2.26. The van der Waals surface area contributed by atoms with Crippen LogP contribution in [0.1, 0.15) is 44.9 Å². The largest absolute Gasteiger partial charge is 0.371 e. The van der Waals surface area contributed by atoms with Gasteiger partial charge in [0, 0.05) is 27.6 Å². The van der Waals surface area contributed by atoms with E-state index in [1.54, 1.807) is 26.1 Å². The fourth-order valence-corrected chi connectivity index (χ4v) is 2.52. The molecule has 0 N–H and O–H groups in total. The molecular formula is C15H27NO2. The number of methoxy groups -OCH3 is 1. The average Bonchev–Trinajstić information content (AvgIpc) is 2.39. The summed E-state index contributed by atoms with van der Waals surface area (Å²) in [6.45, 7) is 0. The van der Waals surface area contributed by atoms with Crippen molar-refractivity contribution in [2.45, 2.75) is 51.0 Å². The Morgan fingerprint density at radius 3 is 2.50 bits per heavy atom. The first-order valence-corrected chi connectivity index (χ1v) is 7.04. The van der Waals surface area contributed by atoms with E-state index in [-0.39, 0.29) is 12.0 Å². The summed E-state index contributed by atoms with van der Waals surface area (Å²) in [7, 11) is 5.13. The topological polar surface area (TPSA) is 29.5 Å². The molecule has 1 saturated carbocycles. The Bertz CT molecular complexity index is 268. The van der Waals surface area contributed by atoms with E-state index in [4.69, 9.17) is 4.74 Å². The molecule has 0 aromatic heterocycles. The van der Waals surface area contributed by atoms with Gasteiger partial charge < -0.3 is 9.64 Å².